The van der Waals surface area contributed by atoms with Crippen LogP contribution in [0.1, 0.15) is 61.0 Å². The Hall–Kier alpha value is -2.37. The minimum absolute atomic E-state index is 0.0499. The van der Waals surface area contributed by atoms with Crippen molar-refractivity contribution in [3.05, 3.63) is 41.5 Å². The third kappa shape index (κ3) is 3.74. The van der Waals surface area contributed by atoms with Crippen molar-refractivity contribution < 1.29 is 9.53 Å². The predicted octanol–water partition coefficient (Wildman–Crippen LogP) is 2.91. The van der Waals surface area contributed by atoms with Crippen molar-refractivity contribution in [1.82, 2.24) is 20.1 Å². The Morgan fingerprint density at radius 1 is 1.31 bits per heavy atom. The number of amides is 1. The summed E-state index contributed by atoms with van der Waals surface area (Å²) in [6, 6.07) is 7.61. The lowest BCUT2D eigenvalue weighted by molar-refractivity contribution is 0.0925. The van der Waals surface area contributed by atoms with E-state index in [1.807, 2.05) is 28.9 Å². The van der Waals surface area contributed by atoms with Gasteiger partial charge in [-0.3, -0.25) is 4.79 Å². The lowest BCUT2D eigenvalue weighted by Crippen LogP contribution is -2.41. The van der Waals surface area contributed by atoms with E-state index in [1.165, 1.54) is 12.8 Å². The number of aromatic nitrogens is 3. The highest BCUT2D eigenvalue weighted by molar-refractivity contribution is 5.94. The number of hydrogen-bond donors (Lipinski definition) is 1. The predicted molar refractivity (Wildman–Crippen MR) is 98.3 cm³/mol. The molecular formula is C20H26N4O2. The van der Waals surface area contributed by atoms with Crippen LogP contribution >= 0.6 is 0 Å². The fraction of sp³-hybridized carbons (Fsp3) is 0.550. The molecule has 1 aliphatic heterocycles. The number of ether oxygens (including phenoxy) is 1. The third-order valence-corrected chi connectivity index (χ3v) is 5.25. The molecule has 2 aliphatic rings. The SMILES string of the molecule is CCc1nc2n(n1)CC(NC(=O)c1cccc(OC3CCCC3)c1)CC2. The van der Waals surface area contributed by atoms with Crippen LogP contribution in [0, 0.1) is 0 Å². The number of hydrogen-bond acceptors (Lipinski definition) is 4. The minimum Gasteiger partial charge on any atom is -0.490 e. The molecule has 1 saturated carbocycles. The number of carbonyl (C=O) groups is 1. The van der Waals surface area contributed by atoms with Crippen molar-refractivity contribution in [2.24, 2.45) is 0 Å². The van der Waals surface area contributed by atoms with Crippen molar-refractivity contribution in [3.8, 4) is 5.75 Å². The standard InChI is InChI=1S/C20H26N4O2/c1-2-18-22-19-11-10-15(13-24(19)23-18)21-20(25)14-6-5-9-17(12-14)26-16-7-3-4-8-16/h5-6,9,12,15-16H,2-4,7-8,10-11,13H2,1H3,(H,21,25). The zero-order chi connectivity index (χ0) is 17.9. The highest BCUT2D eigenvalue weighted by Crippen LogP contribution is 2.24. The van der Waals surface area contributed by atoms with Gasteiger partial charge in [0.25, 0.3) is 5.91 Å². The van der Waals surface area contributed by atoms with Gasteiger partial charge in [0.05, 0.1) is 12.6 Å². The van der Waals surface area contributed by atoms with Crippen molar-refractivity contribution in [2.75, 3.05) is 0 Å². The fourth-order valence-corrected chi connectivity index (χ4v) is 3.81. The van der Waals surface area contributed by atoms with E-state index in [4.69, 9.17) is 4.74 Å². The molecule has 26 heavy (non-hydrogen) atoms. The van der Waals surface area contributed by atoms with Crippen molar-refractivity contribution in [2.45, 2.75) is 70.6 Å². The summed E-state index contributed by atoms with van der Waals surface area (Å²) in [5, 5.41) is 7.65. The number of aryl methyl sites for hydroxylation is 2. The van der Waals surface area contributed by atoms with E-state index in [0.717, 1.165) is 49.5 Å². The van der Waals surface area contributed by atoms with E-state index in [-0.39, 0.29) is 11.9 Å². The Morgan fingerprint density at radius 3 is 2.96 bits per heavy atom. The van der Waals surface area contributed by atoms with Gasteiger partial charge in [0.2, 0.25) is 0 Å². The zero-order valence-corrected chi connectivity index (χ0v) is 15.3. The summed E-state index contributed by atoms with van der Waals surface area (Å²) >= 11 is 0. The van der Waals surface area contributed by atoms with Crippen LogP contribution in [0.5, 0.6) is 5.75 Å². The molecule has 1 aromatic carbocycles. The lowest BCUT2D eigenvalue weighted by Gasteiger charge is -2.23. The van der Waals surface area contributed by atoms with E-state index < -0.39 is 0 Å². The van der Waals surface area contributed by atoms with E-state index in [2.05, 4.69) is 22.3 Å². The zero-order valence-electron chi connectivity index (χ0n) is 15.3. The van der Waals surface area contributed by atoms with Crippen LogP contribution in [0.25, 0.3) is 0 Å². The molecule has 6 heteroatoms. The monoisotopic (exact) mass is 354 g/mol. The van der Waals surface area contributed by atoms with Crippen molar-refractivity contribution in [3.63, 3.8) is 0 Å². The molecule has 0 saturated heterocycles. The van der Waals surface area contributed by atoms with Crippen LogP contribution in [0.2, 0.25) is 0 Å². The van der Waals surface area contributed by atoms with Gasteiger partial charge in [-0.2, -0.15) is 5.10 Å². The number of fused-ring (bicyclic) bond motifs is 1. The molecule has 2 heterocycles. The van der Waals surface area contributed by atoms with Gasteiger partial charge >= 0.3 is 0 Å². The van der Waals surface area contributed by atoms with E-state index >= 15 is 0 Å². The number of benzene rings is 1. The van der Waals surface area contributed by atoms with Gasteiger partial charge in [0.15, 0.2) is 5.82 Å². The largest absolute Gasteiger partial charge is 0.490 e. The number of carbonyl (C=O) groups excluding carboxylic acids is 1. The molecule has 1 amide bonds. The smallest absolute Gasteiger partial charge is 0.251 e. The van der Waals surface area contributed by atoms with Crippen molar-refractivity contribution >= 4 is 5.91 Å². The van der Waals surface area contributed by atoms with E-state index in [1.54, 1.807) is 0 Å². The second-order valence-electron chi connectivity index (χ2n) is 7.24. The average Bonchev–Trinajstić information content (AvgIpc) is 3.30. The molecule has 0 spiro atoms. The molecule has 2 aromatic rings. The molecule has 1 aliphatic carbocycles. The second kappa shape index (κ2) is 7.48. The summed E-state index contributed by atoms with van der Waals surface area (Å²) in [4.78, 5) is 17.2. The second-order valence-corrected chi connectivity index (χ2v) is 7.24. The molecule has 1 aromatic heterocycles. The van der Waals surface area contributed by atoms with Crippen molar-refractivity contribution in [1.29, 1.82) is 0 Å². The molecular weight excluding hydrogens is 328 g/mol. The molecule has 1 fully saturated rings. The van der Waals surface area contributed by atoms with Crippen LogP contribution in [0.4, 0.5) is 0 Å². The van der Waals surface area contributed by atoms with E-state index in [0.29, 0.717) is 18.2 Å². The van der Waals surface area contributed by atoms with Gasteiger partial charge in [-0.15, -0.1) is 0 Å². The van der Waals surface area contributed by atoms with Gasteiger partial charge < -0.3 is 10.1 Å². The first-order chi connectivity index (χ1) is 12.7. The van der Waals surface area contributed by atoms with Crippen LogP contribution in [-0.2, 0) is 19.4 Å². The van der Waals surface area contributed by atoms with Gasteiger partial charge in [-0.25, -0.2) is 9.67 Å². The third-order valence-electron chi connectivity index (χ3n) is 5.25. The first kappa shape index (κ1) is 17.1. The first-order valence-electron chi connectivity index (χ1n) is 9.71. The Labute approximate surface area is 154 Å². The molecule has 1 atom stereocenters. The molecule has 1 N–H and O–H groups in total. The summed E-state index contributed by atoms with van der Waals surface area (Å²) in [5.74, 6) is 2.65. The first-order valence-corrected chi connectivity index (χ1v) is 9.71. The molecule has 138 valence electrons. The van der Waals surface area contributed by atoms with Gasteiger partial charge in [-0.05, 0) is 50.3 Å². The summed E-state index contributed by atoms with van der Waals surface area (Å²) in [7, 11) is 0. The minimum atomic E-state index is -0.0499. The topological polar surface area (TPSA) is 69.0 Å². The Bertz CT molecular complexity index is 780. The van der Waals surface area contributed by atoms with Gasteiger partial charge in [0.1, 0.15) is 11.6 Å². The van der Waals surface area contributed by atoms with Crippen LogP contribution in [0.15, 0.2) is 24.3 Å². The number of nitrogens with one attached hydrogen (secondary N) is 1. The summed E-state index contributed by atoms with van der Waals surface area (Å²) in [6.07, 6.45) is 7.56. The van der Waals surface area contributed by atoms with Crippen LogP contribution in [-0.4, -0.2) is 32.8 Å². The van der Waals surface area contributed by atoms with E-state index in [9.17, 15) is 4.79 Å². The summed E-state index contributed by atoms with van der Waals surface area (Å²) < 4.78 is 7.95. The lowest BCUT2D eigenvalue weighted by atomic mass is 10.1. The maximum atomic E-state index is 12.7. The highest BCUT2D eigenvalue weighted by atomic mass is 16.5. The Morgan fingerprint density at radius 2 is 2.15 bits per heavy atom. The number of rotatable bonds is 5. The molecule has 4 rings (SSSR count). The molecule has 0 bridgehead atoms. The quantitative estimate of drug-likeness (QED) is 0.896. The fourth-order valence-electron chi connectivity index (χ4n) is 3.81. The Kier molecular flexibility index (Phi) is 4.91. The molecule has 1 unspecified atom stereocenters. The normalized spacial score (nSPS) is 20.0. The molecule has 0 radical (unpaired) electrons. The number of nitrogens with zero attached hydrogens (tertiary/aromatic N) is 3. The average molecular weight is 354 g/mol. The summed E-state index contributed by atoms with van der Waals surface area (Å²) in [5.41, 5.74) is 0.652. The maximum absolute atomic E-state index is 12.7. The van der Waals surface area contributed by atoms with Gasteiger partial charge in [0, 0.05) is 24.4 Å². The van der Waals surface area contributed by atoms with Gasteiger partial charge in [-0.1, -0.05) is 13.0 Å². The summed E-state index contributed by atoms with van der Waals surface area (Å²) in [6.45, 7) is 2.74. The maximum Gasteiger partial charge on any atom is 0.251 e. The highest BCUT2D eigenvalue weighted by Gasteiger charge is 2.23. The van der Waals surface area contributed by atoms with Crippen LogP contribution in [0.3, 0.4) is 0 Å². The molecule has 6 nitrogen and oxygen atoms in total. The Balaban J connectivity index is 1.38. The van der Waals surface area contributed by atoms with Crippen LogP contribution < -0.4 is 10.1 Å².